The van der Waals surface area contributed by atoms with Crippen molar-refractivity contribution < 1.29 is 14.3 Å². The second kappa shape index (κ2) is 7.23. The third kappa shape index (κ3) is 4.49. The molecule has 1 aromatic heterocycles. The SMILES string of the molecule is C[C@@H](C(=O)N(C)C1CCN(C(=O)OC(C)(C)C)CC1)n1ccnc1. The minimum absolute atomic E-state index is 0.0590. The van der Waals surface area contributed by atoms with Gasteiger partial charge in [0.05, 0.1) is 6.33 Å². The number of carbonyl (C=O) groups is 2. The van der Waals surface area contributed by atoms with E-state index in [-0.39, 0.29) is 24.1 Å². The number of aromatic nitrogens is 2. The molecule has 1 atom stereocenters. The highest BCUT2D eigenvalue weighted by atomic mass is 16.6. The first kappa shape index (κ1) is 18.3. The molecule has 1 aromatic rings. The summed E-state index contributed by atoms with van der Waals surface area (Å²) < 4.78 is 7.20. The molecule has 0 aromatic carbocycles. The third-order valence-corrected chi connectivity index (χ3v) is 4.34. The predicted molar refractivity (Wildman–Crippen MR) is 90.5 cm³/mol. The van der Waals surface area contributed by atoms with Crippen LogP contribution >= 0.6 is 0 Å². The van der Waals surface area contributed by atoms with Crippen LogP contribution in [0.2, 0.25) is 0 Å². The molecule has 0 bridgehead atoms. The maximum Gasteiger partial charge on any atom is 0.410 e. The van der Waals surface area contributed by atoms with Crippen molar-refractivity contribution in [2.75, 3.05) is 20.1 Å². The molecule has 7 nitrogen and oxygen atoms in total. The quantitative estimate of drug-likeness (QED) is 0.849. The summed E-state index contributed by atoms with van der Waals surface area (Å²) in [6.07, 6.45) is 6.37. The van der Waals surface area contributed by atoms with Crippen LogP contribution in [0.5, 0.6) is 0 Å². The Morgan fingerprint density at radius 2 is 1.92 bits per heavy atom. The van der Waals surface area contributed by atoms with Gasteiger partial charge in [-0.25, -0.2) is 9.78 Å². The van der Waals surface area contributed by atoms with Crippen molar-refractivity contribution in [2.45, 2.75) is 58.2 Å². The van der Waals surface area contributed by atoms with Gasteiger partial charge in [0.25, 0.3) is 0 Å². The summed E-state index contributed by atoms with van der Waals surface area (Å²) in [4.78, 5) is 32.2. The summed E-state index contributed by atoms with van der Waals surface area (Å²) in [7, 11) is 1.84. The second-order valence-corrected chi connectivity index (χ2v) is 7.33. The molecule has 0 N–H and O–H groups in total. The summed E-state index contributed by atoms with van der Waals surface area (Å²) >= 11 is 0. The molecule has 1 saturated heterocycles. The maximum atomic E-state index is 12.6. The van der Waals surface area contributed by atoms with Gasteiger partial charge in [0.15, 0.2) is 0 Å². The van der Waals surface area contributed by atoms with Gasteiger partial charge in [0.2, 0.25) is 5.91 Å². The molecule has 0 spiro atoms. The lowest BCUT2D eigenvalue weighted by Crippen LogP contribution is -2.49. The van der Waals surface area contributed by atoms with Crippen molar-refractivity contribution in [2.24, 2.45) is 0 Å². The normalized spacial score (nSPS) is 17.5. The van der Waals surface area contributed by atoms with Crippen molar-refractivity contribution in [3.63, 3.8) is 0 Å². The van der Waals surface area contributed by atoms with Crippen molar-refractivity contribution in [1.29, 1.82) is 0 Å². The van der Waals surface area contributed by atoms with Crippen molar-refractivity contribution >= 4 is 12.0 Å². The van der Waals surface area contributed by atoms with E-state index in [4.69, 9.17) is 4.74 Å². The fraction of sp³-hybridized carbons (Fsp3) is 0.706. The molecular formula is C17H28N4O3. The average molecular weight is 336 g/mol. The number of likely N-dealkylation sites (tertiary alicyclic amines) is 1. The average Bonchev–Trinajstić information content (AvgIpc) is 3.05. The molecule has 7 heteroatoms. The zero-order chi connectivity index (χ0) is 17.9. The molecule has 134 valence electrons. The molecule has 2 amide bonds. The van der Waals surface area contributed by atoms with E-state index in [1.807, 2.05) is 34.7 Å². The Balaban J connectivity index is 1.87. The van der Waals surface area contributed by atoms with Crippen LogP contribution in [-0.2, 0) is 9.53 Å². The van der Waals surface area contributed by atoms with Crippen LogP contribution < -0.4 is 0 Å². The van der Waals surface area contributed by atoms with E-state index in [1.54, 1.807) is 33.1 Å². The predicted octanol–water partition coefficient (Wildman–Crippen LogP) is 2.30. The second-order valence-electron chi connectivity index (χ2n) is 7.33. The number of rotatable bonds is 3. The third-order valence-electron chi connectivity index (χ3n) is 4.34. The largest absolute Gasteiger partial charge is 0.444 e. The summed E-state index contributed by atoms with van der Waals surface area (Å²) in [5, 5.41) is 0. The van der Waals surface area contributed by atoms with E-state index in [0.29, 0.717) is 13.1 Å². The van der Waals surface area contributed by atoms with E-state index in [2.05, 4.69) is 4.98 Å². The van der Waals surface area contributed by atoms with Gasteiger partial charge in [-0.1, -0.05) is 0 Å². The van der Waals surface area contributed by atoms with Crippen LogP contribution in [0.15, 0.2) is 18.7 Å². The molecule has 1 fully saturated rings. The van der Waals surface area contributed by atoms with Crippen molar-refractivity contribution in [1.82, 2.24) is 19.4 Å². The number of imidazole rings is 1. The molecule has 0 saturated carbocycles. The van der Waals surface area contributed by atoms with Crippen molar-refractivity contribution in [3.05, 3.63) is 18.7 Å². The molecule has 2 heterocycles. The standard InChI is InChI=1S/C17H28N4O3/c1-13(21-11-8-18-12-21)15(22)19(5)14-6-9-20(10-7-14)16(23)24-17(2,3)4/h8,11-14H,6-7,9-10H2,1-5H3/t13-/m0/s1. The molecule has 0 unspecified atom stereocenters. The lowest BCUT2D eigenvalue weighted by atomic mass is 10.0. The van der Waals surface area contributed by atoms with Crippen LogP contribution in [0.4, 0.5) is 4.79 Å². The topological polar surface area (TPSA) is 67.7 Å². The smallest absolute Gasteiger partial charge is 0.410 e. The zero-order valence-corrected chi connectivity index (χ0v) is 15.2. The van der Waals surface area contributed by atoms with E-state index in [0.717, 1.165) is 12.8 Å². The molecule has 0 aliphatic carbocycles. The van der Waals surface area contributed by atoms with Crippen LogP contribution in [-0.4, -0.2) is 63.1 Å². The fourth-order valence-electron chi connectivity index (χ4n) is 2.86. The Kier molecular flexibility index (Phi) is 5.51. The van der Waals surface area contributed by atoms with Crippen LogP contribution in [0, 0.1) is 0 Å². The summed E-state index contributed by atoms with van der Waals surface area (Å²) in [5.41, 5.74) is -0.485. The maximum absolute atomic E-state index is 12.6. The van der Waals surface area contributed by atoms with Crippen LogP contribution in [0.1, 0.15) is 46.6 Å². The number of hydrogen-bond acceptors (Lipinski definition) is 4. The van der Waals surface area contributed by atoms with E-state index < -0.39 is 5.60 Å². The van der Waals surface area contributed by atoms with Gasteiger partial charge in [-0.2, -0.15) is 0 Å². The molecule has 1 aliphatic rings. The van der Waals surface area contributed by atoms with E-state index in [1.165, 1.54) is 0 Å². The van der Waals surface area contributed by atoms with Gasteiger partial charge in [-0.15, -0.1) is 0 Å². The minimum atomic E-state index is -0.485. The van der Waals surface area contributed by atoms with Gasteiger partial charge >= 0.3 is 6.09 Å². The van der Waals surface area contributed by atoms with Gasteiger partial charge in [0.1, 0.15) is 11.6 Å². The molecular weight excluding hydrogens is 308 g/mol. The number of piperidine rings is 1. The number of nitrogens with zero attached hydrogens (tertiary/aromatic N) is 4. The van der Waals surface area contributed by atoms with Gasteiger partial charge in [-0.05, 0) is 40.5 Å². The highest BCUT2D eigenvalue weighted by molar-refractivity contribution is 5.80. The van der Waals surface area contributed by atoms with Gasteiger partial charge in [0, 0.05) is 38.6 Å². The summed E-state index contributed by atoms with van der Waals surface area (Å²) in [6, 6.07) is -0.136. The van der Waals surface area contributed by atoms with E-state index >= 15 is 0 Å². The monoisotopic (exact) mass is 336 g/mol. The first-order valence-electron chi connectivity index (χ1n) is 8.41. The first-order chi connectivity index (χ1) is 11.2. The summed E-state index contributed by atoms with van der Waals surface area (Å²) in [6.45, 7) is 8.68. The van der Waals surface area contributed by atoms with Gasteiger partial charge in [-0.3, -0.25) is 4.79 Å². The molecule has 2 rings (SSSR count). The Morgan fingerprint density at radius 1 is 1.29 bits per heavy atom. The number of ether oxygens (including phenoxy) is 1. The highest BCUT2D eigenvalue weighted by Crippen LogP contribution is 2.20. The Labute approximate surface area is 143 Å². The minimum Gasteiger partial charge on any atom is -0.444 e. The summed E-state index contributed by atoms with van der Waals surface area (Å²) in [5.74, 6) is 0.0590. The Morgan fingerprint density at radius 3 is 2.42 bits per heavy atom. The molecule has 1 aliphatic heterocycles. The number of likely N-dealkylation sites (N-methyl/N-ethyl adjacent to an activating group) is 1. The molecule has 24 heavy (non-hydrogen) atoms. The zero-order valence-electron chi connectivity index (χ0n) is 15.2. The Hall–Kier alpha value is -2.05. The number of carbonyl (C=O) groups excluding carboxylic acids is 2. The highest BCUT2D eigenvalue weighted by Gasteiger charge is 2.31. The number of amides is 2. The Bertz CT molecular complexity index is 557. The number of hydrogen-bond donors (Lipinski definition) is 0. The van der Waals surface area contributed by atoms with E-state index in [9.17, 15) is 9.59 Å². The van der Waals surface area contributed by atoms with Crippen LogP contribution in [0.25, 0.3) is 0 Å². The lowest BCUT2D eigenvalue weighted by Gasteiger charge is -2.38. The van der Waals surface area contributed by atoms with Crippen LogP contribution in [0.3, 0.4) is 0 Å². The van der Waals surface area contributed by atoms with Crippen molar-refractivity contribution in [3.8, 4) is 0 Å². The lowest BCUT2D eigenvalue weighted by molar-refractivity contribution is -0.135. The first-order valence-corrected chi connectivity index (χ1v) is 8.41. The molecule has 0 radical (unpaired) electrons. The van der Waals surface area contributed by atoms with Gasteiger partial charge < -0.3 is 19.1 Å². The fourth-order valence-corrected chi connectivity index (χ4v) is 2.86.